The lowest BCUT2D eigenvalue weighted by Gasteiger charge is -2.23. The predicted octanol–water partition coefficient (Wildman–Crippen LogP) is 1.54. The summed E-state index contributed by atoms with van der Waals surface area (Å²) in [7, 11) is 0. The van der Waals surface area contributed by atoms with E-state index in [9.17, 15) is 0 Å². The molecule has 2 N–H and O–H groups in total. The topological polar surface area (TPSA) is 32.3 Å². The van der Waals surface area contributed by atoms with Crippen molar-refractivity contribution in [2.24, 2.45) is 5.41 Å². The van der Waals surface area contributed by atoms with E-state index in [1.165, 1.54) is 25.7 Å². The molecule has 0 heterocycles. The fraction of sp³-hybridized carbons (Fsp3) is 1.00. The summed E-state index contributed by atoms with van der Waals surface area (Å²) in [4.78, 5) is 0. The Morgan fingerprint density at radius 1 is 1.33 bits per heavy atom. The highest BCUT2D eigenvalue weighted by molar-refractivity contribution is 4.82. The Balaban J connectivity index is 2.05. The monoisotopic (exact) mass is 171 g/mol. The van der Waals surface area contributed by atoms with Crippen molar-refractivity contribution in [1.82, 2.24) is 5.32 Å². The van der Waals surface area contributed by atoms with Gasteiger partial charge in [-0.2, -0.15) is 0 Å². The summed E-state index contributed by atoms with van der Waals surface area (Å²) in [5.41, 5.74) is 0.551. The average Bonchev–Trinajstić information content (AvgIpc) is 2.47. The van der Waals surface area contributed by atoms with Gasteiger partial charge in [-0.1, -0.05) is 19.8 Å². The van der Waals surface area contributed by atoms with E-state index in [0.29, 0.717) is 12.0 Å². The minimum absolute atomic E-state index is 0.309. The second-order valence-corrected chi connectivity index (χ2v) is 4.27. The van der Waals surface area contributed by atoms with E-state index in [1.807, 2.05) is 0 Å². The van der Waals surface area contributed by atoms with E-state index in [-0.39, 0.29) is 0 Å². The zero-order valence-electron chi connectivity index (χ0n) is 8.10. The number of aliphatic hydroxyl groups is 1. The third-order valence-corrected chi connectivity index (χ3v) is 2.87. The summed E-state index contributed by atoms with van der Waals surface area (Å²) < 4.78 is 0. The molecule has 0 radical (unpaired) electrons. The molecule has 72 valence electrons. The Morgan fingerprint density at radius 3 is 2.58 bits per heavy atom. The fourth-order valence-electron chi connectivity index (χ4n) is 2.00. The highest BCUT2D eigenvalue weighted by atomic mass is 16.3. The van der Waals surface area contributed by atoms with Gasteiger partial charge in [0.25, 0.3) is 0 Å². The van der Waals surface area contributed by atoms with E-state index < -0.39 is 0 Å². The van der Waals surface area contributed by atoms with Crippen LogP contribution in [0.5, 0.6) is 0 Å². The first-order valence-corrected chi connectivity index (χ1v) is 5.08. The Bertz CT molecular complexity index is 119. The Kier molecular flexibility index (Phi) is 4.02. The van der Waals surface area contributed by atoms with Crippen LogP contribution in [-0.4, -0.2) is 24.8 Å². The largest absolute Gasteiger partial charge is 0.396 e. The van der Waals surface area contributed by atoms with Crippen LogP contribution in [0.3, 0.4) is 0 Å². The third-order valence-electron chi connectivity index (χ3n) is 2.87. The van der Waals surface area contributed by atoms with Crippen LogP contribution in [0.4, 0.5) is 0 Å². The summed E-state index contributed by atoms with van der Waals surface area (Å²) >= 11 is 0. The molecule has 1 saturated carbocycles. The molecule has 1 aliphatic carbocycles. The number of rotatable bonds is 5. The molecular weight excluding hydrogens is 150 g/mol. The van der Waals surface area contributed by atoms with Gasteiger partial charge in [-0.05, 0) is 31.2 Å². The van der Waals surface area contributed by atoms with E-state index in [0.717, 1.165) is 19.5 Å². The van der Waals surface area contributed by atoms with Crippen LogP contribution in [0.15, 0.2) is 0 Å². The molecule has 0 spiro atoms. The van der Waals surface area contributed by atoms with E-state index in [2.05, 4.69) is 12.2 Å². The van der Waals surface area contributed by atoms with Gasteiger partial charge < -0.3 is 10.4 Å². The summed E-state index contributed by atoms with van der Waals surface area (Å²) in [5.74, 6) is 0. The number of hydrogen-bond acceptors (Lipinski definition) is 2. The molecule has 12 heavy (non-hydrogen) atoms. The maximum absolute atomic E-state index is 8.58. The maximum atomic E-state index is 8.58. The maximum Gasteiger partial charge on any atom is 0.0443 e. The zero-order valence-corrected chi connectivity index (χ0v) is 8.10. The molecule has 1 fully saturated rings. The van der Waals surface area contributed by atoms with Crippen molar-refractivity contribution in [3.63, 3.8) is 0 Å². The Labute approximate surface area is 75.4 Å². The quantitative estimate of drug-likeness (QED) is 0.615. The minimum Gasteiger partial charge on any atom is -0.396 e. The van der Waals surface area contributed by atoms with Crippen molar-refractivity contribution in [2.75, 3.05) is 19.7 Å². The molecule has 1 rings (SSSR count). The standard InChI is InChI=1S/C10H21NO/c1-10(5-2-3-6-10)9-11-7-4-8-12/h11-12H,2-9H2,1H3. The summed E-state index contributed by atoms with van der Waals surface area (Å²) in [6.45, 7) is 4.77. The van der Waals surface area contributed by atoms with Gasteiger partial charge in [0.05, 0.1) is 0 Å². The fourth-order valence-corrected chi connectivity index (χ4v) is 2.00. The van der Waals surface area contributed by atoms with Gasteiger partial charge in [0.2, 0.25) is 0 Å². The second kappa shape index (κ2) is 4.83. The lowest BCUT2D eigenvalue weighted by atomic mass is 9.89. The molecule has 0 aliphatic heterocycles. The van der Waals surface area contributed by atoms with Gasteiger partial charge in [-0.25, -0.2) is 0 Å². The molecule has 0 aromatic carbocycles. The molecular formula is C10H21NO. The zero-order chi connectivity index (χ0) is 8.86. The first-order chi connectivity index (χ1) is 5.77. The van der Waals surface area contributed by atoms with Crippen LogP contribution in [-0.2, 0) is 0 Å². The molecule has 2 heteroatoms. The molecule has 0 aromatic rings. The van der Waals surface area contributed by atoms with E-state index in [4.69, 9.17) is 5.11 Å². The number of hydrogen-bond donors (Lipinski definition) is 2. The Morgan fingerprint density at radius 2 is 2.00 bits per heavy atom. The average molecular weight is 171 g/mol. The van der Waals surface area contributed by atoms with Crippen LogP contribution in [0.2, 0.25) is 0 Å². The predicted molar refractivity (Wildman–Crippen MR) is 51.1 cm³/mol. The SMILES string of the molecule is CC1(CNCCCO)CCCC1. The summed E-state index contributed by atoms with van der Waals surface area (Å²) in [6, 6.07) is 0. The van der Waals surface area contributed by atoms with Crippen molar-refractivity contribution >= 4 is 0 Å². The van der Waals surface area contributed by atoms with Crippen LogP contribution >= 0.6 is 0 Å². The van der Waals surface area contributed by atoms with Crippen LogP contribution in [0.1, 0.15) is 39.0 Å². The molecule has 0 bridgehead atoms. The summed E-state index contributed by atoms with van der Waals surface area (Å²) in [6.07, 6.45) is 6.44. The molecule has 0 unspecified atom stereocenters. The molecule has 0 atom stereocenters. The minimum atomic E-state index is 0.309. The molecule has 0 saturated heterocycles. The van der Waals surface area contributed by atoms with E-state index >= 15 is 0 Å². The Hall–Kier alpha value is -0.0800. The highest BCUT2D eigenvalue weighted by Crippen LogP contribution is 2.36. The van der Waals surface area contributed by atoms with Crippen LogP contribution in [0.25, 0.3) is 0 Å². The smallest absolute Gasteiger partial charge is 0.0443 e. The summed E-state index contributed by atoms with van der Waals surface area (Å²) in [5, 5.41) is 12.0. The lowest BCUT2D eigenvalue weighted by molar-refractivity contribution is 0.273. The van der Waals surface area contributed by atoms with Crippen molar-refractivity contribution in [2.45, 2.75) is 39.0 Å². The third kappa shape index (κ3) is 3.11. The van der Waals surface area contributed by atoms with Gasteiger partial charge in [0.1, 0.15) is 0 Å². The normalized spacial score (nSPS) is 21.5. The lowest BCUT2D eigenvalue weighted by Crippen LogP contribution is -2.30. The second-order valence-electron chi connectivity index (χ2n) is 4.27. The number of aliphatic hydroxyl groups excluding tert-OH is 1. The van der Waals surface area contributed by atoms with Crippen LogP contribution in [0, 0.1) is 5.41 Å². The van der Waals surface area contributed by atoms with Gasteiger partial charge in [-0.3, -0.25) is 0 Å². The van der Waals surface area contributed by atoms with Gasteiger partial charge in [-0.15, -0.1) is 0 Å². The molecule has 0 amide bonds. The van der Waals surface area contributed by atoms with Crippen molar-refractivity contribution in [1.29, 1.82) is 0 Å². The molecule has 0 aromatic heterocycles. The first kappa shape index (κ1) is 10.0. The first-order valence-electron chi connectivity index (χ1n) is 5.08. The van der Waals surface area contributed by atoms with Gasteiger partial charge in [0, 0.05) is 13.2 Å². The number of nitrogens with one attached hydrogen (secondary N) is 1. The van der Waals surface area contributed by atoms with Crippen molar-refractivity contribution in [3.8, 4) is 0 Å². The molecule has 2 nitrogen and oxygen atoms in total. The van der Waals surface area contributed by atoms with Crippen molar-refractivity contribution in [3.05, 3.63) is 0 Å². The highest BCUT2D eigenvalue weighted by Gasteiger charge is 2.27. The van der Waals surface area contributed by atoms with Gasteiger partial charge >= 0.3 is 0 Å². The molecule has 1 aliphatic rings. The van der Waals surface area contributed by atoms with Crippen molar-refractivity contribution < 1.29 is 5.11 Å². The van der Waals surface area contributed by atoms with E-state index in [1.54, 1.807) is 0 Å². The van der Waals surface area contributed by atoms with Crippen LogP contribution < -0.4 is 5.32 Å². The van der Waals surface area contributed by atoms with Gasteiger partial charge in [0.15, 0.2) is 0 Å².